The molecule has 0 bridgehead atoms. The number of carbonyl (C=O) groups is 1. The number of guanidine groups is 1. The van der Waals surface area contributed by atoms with Crippen molar-refractivity contribution in [3.05, 3.63) is 35.9 Å². The third-order valence-corrected chi connectivity index (χ3v) is 5.59. The lowest BCUT2D eigenvalue weighted by Crippen LogP contribution is -2.41. The number of aliphatic imine (C=N–C) groups is 1. The zero-order valence-electron chi connectivity index (χ0n) is 15.3. The molecular formula is C19H30N4OS. The van der Waals surface area contributed by atoms with Crippen molar-refractivity contribution in [3.8, 4) is 0 Å². The monoisotopic (exact) mass is 362 g/mol. The maximum Gasteiger partial charge on any atom is 0.244 e. The van der Waals surface area contributed by atoms with Gasteiger partial charge in [0, 0.05) is 31.4 Å². The van der Waals surface area contributed by atoms with Crippen molar-refractivity contribution in [1.29, 1.82) is 0 Å². The second kappa shape index (κ2) is 11.0. The van der Waals surface area contributed by atoms with Crippen molar-refractivity contribution in [2.45, 2.75) is 38.5 Å². The van der Waals surface area contributed by atoms with E-state index in [4.69, 9.17) is 0 Å². The van der Waals surface area contributed by atoms with Crippen molar-refractivity contribution in [2.24, 2.45) is 4.99 Å². The number of amides is 1. The van der Waals surface area contributed by atoms with Crippen LogP contribution in [0.25, 0.3) is 0 Å². The summed E-state index contributed by atoms with van der Waals surface area (Å²) in [6.45, 7) is 7.24. The van der Waals surface area contributed by atoms with Gasteiger partial charge in [-0.2, -0.15) is 11.8 Å². The lowest BCUT2D eigenvalue weighted by atomic mass is 10.2. The molecule has 0 saturated carbocycles. The molecule has 0 radical (unpaired) electrons. The molecule has 0 aliphatic carbocycles. The maximum absolute atomic E-state index is 12.5. The van der Waals surface area contributed by atoms with Gasteiger partial charge in [0.25, 0.3) is 0 Å². The summed E-state index contributed by atoms with van der Waals surface area (Å²) in [5, 5.41) is 7.26. The molecule has 1 aromatic rings. The van der Waals surface area contributed by atoms with Gasteiger partial charge in [0.1, 0.15) is 6.54 Å². The minimum absolute atomic E-state index is 0.0544. The van der Waals surface area contributed by atoms with Gasteiger partial charge >= 0.3 is 0 Å². The van der Waals surface area contributed by atoms with Crippen LogP contribution in [0.1, 0.15) is 32.3 Å². The summed E-state index contributed by atoms with van der Waals surface area (Å²) in [4.78, 5) is 18.8. The van der Waals surface area contributed by atoms with E-state index in [0.29, 0.717) is 18.3 Å². The van der Waals surface area contributed by atoms with Gasteiger partial charge in [-0.05, 0) is 38.0 Å². The molecule has 1 unspecified atom stereocenters. The normalized spacial score (nSPS) is 17.4. The summed E-state index contributed by atoms with van der Waals surface area (Å²) in [7, 11) is 0. The number of nitrogens with one attached hydrogen (secondary N) is 2. The standard InChI is InChI=1S/C19H30N4OS/c1-3-20-19(21-13-17-11-8-12-25-17)22-14-18(24)23(4-2)15-16-9-6-5-7-10-16/h5-7,9-10,17H,3-4,8,11-15H2,1-2H3,(H2,20,21,22). The van der Waals surface area contributed by atoms with Crippen molar-refractivity contribution >= 4 is 23.6 Å². The highest BCUT2D eigenvalue weighted by Crippen LogP contribution is 2.25. The first-order valence-electron chi connectivity index (χ1n) is 9.18. The summed E-state index contributed by atoms with van der Waals surface area (Å²) < 4.78 is 0. The smallest absolute Gasteiger partial charge is 0.244 e. The summed E-state index contributed by atoms with van der Waals surface area (Å²) >= 11 is 2.02. The van der Waals surface area contributed by atoms with Crippen LogP contribution < -0.4 is 10.6 Å². The molecule has 1 aliphatic heterocycles. The molecule has 1 atom stereocenters. The molecule has 1 fully saturated rings. The number of carbonyl (C=O) groups excluding carboxylic acids is 1. The minimum Gasteiger partial charge on any atom is -0.357 e. The lowest BCUT2D eigenvalue weighted by Gasteiger charge is -2.20. The molecule has 1 amide bonds. The average molecular weight is 363 g/mol. The van der Waals surface area contributed by atoms with Crippen LogP contribution >= 0.6 is 11.8 Å². The Balaban J connectivity index is 1.86. The van der Waals surface area contributed by atoms with E-state index in [1.54, 1.807) is 0 Å². The fourth-order valence-corrected chi connectivity index (χ4v) is 3.99. The van der Waals surface area contributed by atoms with E-state index >= 15 is 0 Å². The molecule has 1 saturated heterocycles. The number of thioether (sulfide) groups is 1. The highest BCUT2D eigenvalue weighted by Gasteiger charge is 2.16. The van der Waals surface area contributed by atoms with E-state index in [9.17, 15) is 4.79 Å². The molecule has 138 valence electrons. The molecule has 0 spiro atoms. The highest BCUT2D eigenvalue weighted by molar-refractivity contribution is 8.00. The minimum atomic E-state index is 0.0544. The fraction of sp³-hybridized carbons (Fsp3) is 0.579. The molecule has 25 heavy (non-hydrogen) atoms. The van der Waals surface area contributed by atoms with E-state index in [1.165, 1.54) is 18.6 Å². The number of rotatable bonds is 8. The van der Waals surface area contributed by atoms with E-state index in [2.05, 4.69) is 15.6 Å². The Morgan fingerprint density at radius 3 is 2.72 bits per heavy atom. The molecule has 5 nitrogen and oxygen atoms in total. The van der Waals surface area contributed by atoms with Gasteiger partial charge in [-0.15, -0.1) is 0 Å². The number of hydrogen-bond acceptors (Lipinski definition) is 3. The Morgan fingerprint density at radius 2 is 2.08 bits per heavy atom. The van der Waals surface area contributed by atoms with Crippen LogP contribution in [0.5, 0.6) is 0 Å². The Kier molecular flexibility index (Phi) is 8.66. The zero-order chi connectivity index (χ0) is 17.9. The third-order valence-electron chi connectivity index (χ3n) is 4.19. The molecule has 2 N–H and O–H groups in total. The summed E-state index contributed by atoms with van der Waals surface area (Å²) in [6.07, 6.45) is 2.56. The quantitative estimate of drug-likeness (QED) is 0.551. The Morgan fingerprint density at radius 1 is 1.28 bits per heavy atom. The molecule has 2 rings (SSSR count). The van der Waals surface area contributed by atoms with E-state index in [1.807, 2.05) is 60.8 Å². The molecule has 1 aliphatic rings. The van der Waals surface area contributed by atoms with Gasteiger partial charge in [0.05, 0.1) is 0 Å². The highest BCUT2D eigenvalue weighted by atomic mass is 32.2. The second-order valence-corrected chi connectivity index (χ2v) is 7.51. The van der Waals surface area contributed by atoms with Crippen LogP contribution in [-0.4, -0.2) is 53.9 Å². The van der Waals surface area contributed by atoms with Crippen molar-refractivity contribution in [2.75, 3.05) is 31.9 Å². The molecule has 1 heterocycles. The first kappa shape index (κ1) is 19.6. The maximum atomic E-state index is 12.5. The van der Waals surface area contributed by atoms with Crippen LogP contribution in [0.4, 0.5) is 0 Å². The van der Waals surface area contributed by atoms with Crippen molar-refractivity contribution in [1.82, 2.24) is 15.5 Å². The topological polar surface area (TPSA) is 56.7 Å². The molecular weight excluding hydrogens is 332 g/mol. The van der Waals surface area contributed by atoms with Gasteiger partial charge in [0.15, 0.2) is 5.96 Å². The molecule has 0 aromatic heterocycles. The average Bonchev–Trinajstić information content (AvgIpc) is 3.16. The fourth-order valence-electron chi connectivity index (χ4n) is 2.78. The summed E-state index contributed by atoms with van der Waals surface area (Å²) in [5.41, 5.74) is 1.14. The second-order valence-electron chi connectivity index (χ2n) is 6.10. The van der Waals surface area contributed by atoms with Crippen LogP contribution in [-0.2, 0) is 11.3 Å². The van der Waals surface area contributed by atoms with Gasteiger partial charge in [-0.25, -0.2) is 4.99 Å². The summed E-state index contributed by atoms with van der Waals surface area (Å²) in [5.74, 6) is 2.04. The van der Waals surface area contributed by atoms with Gasteiger partial charge in [0.2, 0.25) is 5.91 Å². The zero-order valence-corrected chi connectivity index (χ0v) is 16.1. The Labute approximate surface area is 155 Å². The molecule has 1 aromatic carbocycles. The van der Waals surface area contributed by atoms with Gasteiger partial charge < -0.3 is 15.5 Å². The predicted molar refractivity (Wildman–Crippen MR) is 107 cm³/mol. The summed E-state index contributed by atoms with van der Waals surface area (Å²) in [6, 6.07) is 10.1. The van der Waals surface area contributed by atoms with Crippen LogP contribution in [0, 0.1) is 0 Å². The number of likely N-dealkylation sites (N-methyl/N-ethyl adjacent to an activating group) is 1. The number of hydrogen-bond donors (Lipinski definition) is 2. The van der Waals surface area contributed by atoms with Crippen LogP contribution in [0.2, 0.25) is 0 Å². The molecule has 6 heteroatoms. The van der Waals surface area contributed by atoms with Crippen molar-refractivity contribution in [3.63, 3.8) is 0 Å². The van der Waals surface area contributed by atoms with E-state index in [-0.39, 0.29) is 12.5 Å². The Bertz CT molecular complexity index is 544. The first-order valence-corrected chi connectivity index (χ1v) is 10.2. The van der Waals surface area contributed by atoms with Crippen LogP contribution in [0.3, 0.4) is 0 Å². The number of nitrogens with zero attached hydrogens (tertiary/aromatic N) is 2. The third kappa shape index (κ3) is 6.98. The predicted octanol–water partition coefficient (Wildman–Crippen LogP) is 2.49. The van der Waals surface area contributed by atoms with E-state index in [0.717, 1.165) is 24.6 Å². The van der Waals surface area contributed by atoms with Gasteiger partial charge in [-0.1, -0.05) is 30.3 Å². The SMILES string of the molecule is CCNC(=NCC(=O)N(CC)Cc1ccccc1)NCC1CCCS1. The van der Waals surface area contributed by atoms with E-state index < -0.39 is 0 Å². The van der Waals surface area contributed by atoms with Gasteiger partial charge in [-0.3, -0.25) is 4.79 Å². The van der Waals surface area contributed by atoms with Crippen molar-refractivity contribution < 1.29 is 4.79 Å². The largest absolute Gasteiger partial charge is 0.357 e. The lowest BCUT2D eigenvalue weighted by molar-refractivity contribution is -0.130. The first-order chi connectivity index (χ1) is 12.2. The van der Waals surface area contributed by atoms with Crippen LogP contribution in [0.15, 0.2) is 35.3 Å². The Hall–Kier alpha value is -1.69. The number of benzene rings is 1.